The first-order chi connectivity index (χ1) is 9.15. The lowest BCUT2D eigenvalue weighted by atomic mass is 10.0. The summed E-state index contributed by atoms with van der Waals surface area (Å²) in [5.74, 6) is -0.718. The highest BCUT2D eigenvalue weighted by Crippen LogP contribution is 2.33. The van der Waals surface area contributed by atoms with Crippen molar-refractivity contribution in [2.24, 2.45) is 0 Å². The molecule has 0 fully saturated rings. The van der Waals surface area contributed by atoms with Gasteiger partial charge in [0, 0.05) is 0 Å². The number of nitro benzene ring substituents is 1. The fourth-order valence-electron chi connectivity index (χ4n) is 1.87. The van der Waals surface area contributed by atoms with E-state index in [1.54, 1.807) is 36.4 Å². The molecule has 5 heteroatoms. The van der Waals surface area contributed by atoms with Crippen molar-refractivity contribution in [3.8, 4) is 11.1 Å². The molecule has 0 unspecified atom stereocenters. The Balaban J connectivity index is 2.69. The number of carbonyl (C=O) groups is 1. The molecule has 0 aliphatic heterocycles. The summed E-state index contributed by atoms with van der Waals surface area (Å²) in [4.78, 5) is 22.3. The van der Waals surface area contributed by atoms with Crippen molar-refractivity contribution in [1.29, 1.82) is 0 Å². The highest BCUT2D eigenvalue weighted by atomic mass is 16.6. The van der Waals surface area contributed by atoms with Gasteiger partial charge in [-0.05, 0) is 17.7 Å². The van der Waals surface area contributed by atoms with Crippen molar-refractivity contribution in [2.75, 3.05) is 7.11 Å². The number of para-hydroxylation sites is 1. The maximum absolute atomic E-state index is 11.6. The highest BCUT2D eigenvalue weighted by molar-refractivity contribution is 5.97. The van der Waals surface area contributed by atoms with E-state index in [1.807, 2.05) is 6.07 Å². The molecule has 0 aliphatic carbocycles. The van der Waals surface area contributed by atoms with Gasteiger partial charge in [0.05, 0.1) is 17.6 Å². The van der Waals surface area contributed by atoms with Crippen LogP contribution in [0, 0.1) is 10.1 Å². The van der Waals surface area contributed by atoms with Crippen LogP contribution < -0.4 is 0 Å². The van der Waals surface area contributed by atoms with Gasteiger partial charge in [0.15, 0.2) is 0 Å². The van der Waals surface area contributed by atoms with Crippen molar-refractivity contribution in [1.82, 2.24) is 0 Å². The Morgan fingerprint density at radius 3 is 2.37 bits per heavy atom. The molecule has 0 aliphatic rings. The van der Waals surface area contributed by atoms with Crippen LogP contribution in [0.4, 0.5) is 5.69 Å². The average molecular weight is 257 g/mol. The second-order valence-electron chi connectivity index (χ2n) is 3.82. The van der Waals surface area contributed by atoms with Gasteiger partial charge >= 0.3 is 5.97 Å². The molecule has 0 radical (unpaired) electrons. The maximum atomic E-state index is 11.6. The number of nitro groups is 1. The Morgan fingerprint density at radius 1 is 1.11 bits per heavy atom. The number of hydrogen-bond donors (Lipinski definition) is 0. The molecule has 2 aromatic carbocycles. The molecular weight excluding hydrogens is 246 g/mol. The Bertz CT molecular complexity index is 623. The van der Waals surface area contributed by atoms with Crippen molar-refractivity contribution >= 4 is 11.7 Å². The number of rotatable bonds is 3. The van der Waals surface area contributed by atoms with Gasteiger partial charge in [-0.3, -0.25) is 10.1 Å². The van der Waals surface area contributed by atoms with Gasteiger partial charge in [-0.1, -0.05) is 36.4 Å². The summed E-state index contributed by atoms with van der Waals surface area (Å²) >= 11 is 0. The molecule has 0 saturated carbocycles. The SMILES string of the molecule is COC(=O)c1cccc(-c2ccccc2)c1[N+](=O)[O-]. The number of nitrogens with zero attached hydrogens (tertiary/aromatic N) is 1. The third kappa shape index (κ3) is 2.44. The van der Waals surface area contributed by atoms with E-state index in [1.165, 1.54) is 13.2 Å². The summed E-state index contributed by atoms with van der Waals surface area (Å²) < 4.78 is 4.57. The van der Waals surface area contributed by atoms with E-state index in [-0.39, 0.29) is 11.3 Å². The zero-order chi connectivity index (χ0) is 13.8. The topological polar surface area (TPSA) is 69.4 Å². The normalized spacial score (nSPS) is 9.95. The van der Waals surface area contributed by atoms with Crippen molar-refractivity contribution in [2.45, 2.75) is 0 Å². The second kappa shape index (κ2) is 5.30. The Labute approximate surface area is 109 Å². The third-order valence-electron chi connectivity index (χ3n) is 2.71. The predicted octanol–water partition coefficient (Wildman–Crippen LogP) is 3.05. The molecule has 0 aromatic heterocycles. The smallest absolute Gasteiger partial charge is 0.344 e. The summed E-state index contributed by atoms with van der Waals surface area (Å²) in [5, 5.41) is 11.2. The van der Waals surface area contributed by atoms with Crippen molar-refractivity contribution in [3.63, 3.8) is 0 Å². The summed E-state index contributed by atoms with van der Waals surface area (Å²) in [6.45, 7) is 0. The molecular formula is C14H11NO4. The van der Waals surface area contributed by atoms with Gasteiger partial charge in [0.1, 0.15) is 5.56 Å². The first kappa shape index (κ1) is 12.8. The second-order valence-corrected chi connectivity index (χ2v) is 3.82. The fraction of sp³-hybridized carbons (Fsp3) is 0.0714. The Kier molecular flexibility index (Phi) is 3.56. The van der Waals surface area contributed by atoms with Gasteiger partial charge in [-0.15, -0.1) is 0 Å². The molecule has 96 valence electrons. The average Bonchev–Trinajstić information content (AvgIpc) is 2.46. The zero-order valence-electron chi connectivity index (χ0n) is 10.2. The number of esters is 1. The molecule has 0 amide bonds. The lowest BCUT2D eigenvalue weighted by Crippen LogP contribution is -2.06. The van der Waals surface area contributed by atoms with Crippen LogP contribution in [0.15, 0.2) is 48.5 Å². The molecule has 0 atom stereocenters. The van der Waals surface area contributed by atoms with Crippen molar-refractivity contribution in [3.05, 3.63) is 64.2 Å². The first-order valence-corrected chi connectivity index (χ1v) is 5.56. The van der Waals surface area contributed by atoms with Crippen LogP contribution in [-0.2, 0) is 4.74 Å². The summed E-state index contributed by atoms with van der Waals surface area (Å²) in [7, 11) is 1.20. The summed E-state index contributed by atoms with van der Waals surface area (Å²) in [5.41, 5.74) is 0.794. The summed E-state index contributed by atoms with van der Waals surface area (Å²) in [6, 6.07) is 13.5. The molecule has 5 nitrogen and oxygen atoms in total. The number of hydrogen-bond acceptors (Lipinski definition) is 4. The molecule has 2 aromatic rings. The predicted molar refractivity (Wildman–Crippen MR) is 69.9 cm³/mol. The van der Waals surface area contributed by atoms with E-state index in [0.29, 0.717) is 11.1 Å². The molecule has 2 rings (SSSR count). The van der Waals surface area contributed by atoms with Gasteiger partial charge in [0.2, 0.25) is 0 Å². The van der Waals surface area contributed by atoms with Gasteiger partial charge < -0.3 is 4.74 Å². The zero-order valence-corrected chi connectivity index (χ0v) is 10.2. The van der Waals surface area contributed by atoms with Gasteiger partial charge in [-0.2, -0.15) is 0 Å². The van der Waals surface area contributed by atoms with Crippen LogP contribution >= 0.6 is 0 Å². The minimum Gasteiger partial charge on any atom is -0.465 e. The van der Waals surface area contributed by atoms with Crippen LogP contribution in [0.3, 0.4) is 0 Å². The van der Waals surface area contributed by atoms with E-state index >= 15 is 0 Å². The standard InChI is InChI=1S/C14H11NO4/c1-19-14(16)12-9-5-8-11(13(12)15(17)18)10-6-3-2-4-7-10/h2-9H,1H3. The summed E-state index contributed by atoms with van der Waals surface area (Å²) in [6.07, 6.45) is 0. The monoisotopic (exact) mass is 257 g/mol. The van der Waals surface area contributed by atoms with Gasteiger partial charge in [0.25, 0.3) is 5.69 Å². The largest absolute Gasteiger partial charge is 0.465 e. The van der Waals surface area contributed by atoms with Crippen LogP contribution in [0.1, 0.15) is 10.4 Å². The molecule has 19 heavy (non-hydrogen) atoms. The van der Waals surface area contributed by atoms with Crippen LogP contribution in [0.5, 0.6) is 0 Å². The molecule has 0 saturated heterocycles. The quantitative estimate of drug-likeness (QED) is 0.481. The fourth-order valence-corrected chi connectivity index (χ4v) is 1.87. The van der Waals surface area contributed by atoms with E-state index < -0.39 is 10.9 Å². The highest BCUT2D eigenvalue weighted by Gasteiger charge is 2.25. The Morgan fingerprint density at radius 2 is 1.79 bits per heavy atom. The number of carbonyl (C=O) groups excluding carboxylic acids is 1. The van der Waals surface area contributed by atoms with Crippen molar-refractivity contribution < 1.29 is 14.5 Å². The first-order valence-electron chi connectivity index (χ1n) is 5.56. The lowest BCUT2D eigenvalue weighted by molar-refractivity contribution is -0.384. The number of methoxy groups -OCH3 is 1. The number of ether oxygens (including phenoxy) is 1. The number of benzene rings is 2. The van der Waals surface area contributed by atoms with E-state index in [0.717, 1.165) is 0 Å². The lowest BCUT2D eigenvalue weighted by Gasteiger charge is -2.06. The van der Waals surface area contributed by atoms with Crippen LogP contribution in [0.2, 0.25) is 0 Å². The molecule has 0 heterocycles. The maximum Gasteiger partial charge on any atom is 0.344 e. The van der Waals surface area contributed by atoms with E-state index in [9.17, 15) is 14.9 Å². The van der Waals surface area contributed by atoms with E-state index in [2.05, 4.69) is 4.74 Å². The molecule has 0 bridgehead atoms. The minimum absolute atomic E-state index is 0.0474. The molecule has 0 spiro atoms. The molecule has 0 N–H and O–H groups in total. The van der Waals surface area contributed by atoms with Crippen LogP contribution in [-0.4, -0.2) is 18.0 Å². The van der Waals surface area contributed by atoms with Gasteiger partial charge in [-0.25, -0.2) is 4.79 Å². The van der Waals surface area contributed by atoms with Crippen LogP contribution in [0.25, 0.3) is 11.1 Å². The Hall–Kier alpha value is -2.69. The minimum atomic E-state index is -0.718. The third-order valence-corrected chi connectivity index (χ3v) is 2.71. The van der Waals surface area contributed by atoms with E-state index in [4.69, 9.17) is 0 Å².